The Hall–Kier alpha value is -3.92. The van der Waals surface area contributed by atoms with Gasteiger partial charge in [-0.3, -0.25) is 10.4 Å². The molecule has 1 fully saturated rings. The molecule has 0 unspecified atom stereocenters. The van der Waals surface area contributed by atoms with Gasteiger partial charge in [-0.15, -0.1) is 0 Å². The van der Waals surface area contributed by atoms with Crippen molar-refractivity contribution in [2.75, 3.05) is 36.6 Å². The third kappa shape index (κ3) is 5.12. The maximum atomic E-state index is 15.0. The first-order valence-corrected chi connectivity index (χ1v) is 11.3. The lowest BCUT2D eigenvalue weighted by Gasteiger charge is -2.27. The van der Waals surface area contributed by atoms with E-state index in [-0.39, 0.29) is 5.69 Å². The van der Waals surface area contributed by atoms with E-state index in [4.69, 9.17) is 4.74 Å². The summed E-state index contributed by atoms with van der Waals surface area (Å²) < 4.78 is 36.9. The normalized spacial score (nSPS) is 14.7. The Kier molecular flexibility index (Phi) is 6.37. The fourth-order valence-corrected chi connectivity index (χ4v) is 3.96. The van der Waals surface area contributed by atoms with E-state index in [1.165, 1.54) is 16.8 Å². The third-order valence-electron chi connectivity index (χ3n) is 5.74. The molecule has 5 rings (SSSR count). The van der Waals surface area contributed by atoms with Crippen LogP contribution in [0, 0.1) is 6.92 Å². The highest BCUT2D eigenvalue weighted by Gasteiger charge is 2.34. The molecule has 3 aromatic heterocycles. The van der Waals surface area contributed by atoms with Crippen molar-refractivity contribution in [2.45, 2.75) is 19.4 Å². The number of nitrogens with zero attached hydrogens (tertiary/aromatic N) is 6. The summed E-state index contributed by atoms with van der Waals surface area (Å²) in [5.74, 6) is -2.29. The zero-order valence-corrected chi connectivity index (χ0v) is 19.2. The number of ether oxygens (including phenoxy) is 1. The molecule has 1 saturated heterocycles. The number of pyridine rings is 1. The first kappa shape index (κ1) is 22.9. The molecule has 4 aromatic rings. The largest absolute Gasteiger partial charge is 0.378 e. The second-order valence-electron chi connectivity index (χ2n) is 8.36. The predicted octanol–water partition coefficient (Wildman–Crippen LogP) is 4.21. The SMILES string of the molecule is Cc1cccc(/C=N/Nc2nc(N3CCOCC3)nc3c2ccn3CC(F)(F)c2ccccn2)c1. The molecular formula is C25H25F2N7O. The van der Waals surface area contributed by atoms with Crippen LogP contribution in [0.15, 0.2) is 66.0 Å². The van der Waals surface area contributed by atoms with E-state index >= 15 is 8.78 Å². The van der Waals surface area contributed by atoms with Crippen LogP contribution >= 0.6 is 0 Å². The smallest absolute Gasteiger partial charge is 0.307 e. The van der Waals surface area contributed by atoms with Gasteiger partial charge in [0.05, 0.1) is 31.4 Å². The Morgan fingerprint density at radius 3 is 2.74 bits per heavy atom. The summed E-state index contributed by atoms with van der Waals surface area (Å²) in [4.78, 5) is 15.1. The molecule has 0 amide bonds. The molecule has 35 heavy (non-hydrogen) atoms. The monoisotopic (exact) mass is 477 g/mol. The van der Waals surface area contributed by atoms with Crippen LogP contribution in [0.2, 0.25) is 0 Å². The first-order chi connectivity index (χ1) is 17.0. The van der Waals surface area contributed by atoms with Crippen molar-refractivity contribution in [3.05, 3.63) is 77.7 Å². The van der Waals surface area contributed by atoms with Gasteiger partial charge >= 0.3 is 5.92 Å². The van der Waals surface area contributed by atoms with E-state index in [9.17, 15) is 0 Å². The molecule has 4 heterocycles. The molecule has 1 aliphatic rings. The number of alkyl halides is 2. The van der Waals surface area contributed by atoms with Crippen LogP contribution in [0.3, 0.4) is 0 Å². The number of hydrogen-bond acceptors (Lipinski definition) is 7. The Morgan fingerprint density at radius 2 is 1.97 bits per heavy atom. The second-order valence-corrected chi connectivity index (χ2v) is 8.36. The minimum absolute atomic E-state index is 0.287. The topological polar surface area (TPSA) is 80.5 Å². The summed E-state index contributed by atoms with van der Waals surface area (Å²) in [5.41, 5.74) is 5.16. The van der Waals surface area contributed by atoms with Crippen LogP contribution in [0.5, 0.6) is 0 Å². The highest BCUT2D eigenvalue weighted by atomic mass is 19.3. The maximum Gasteiger partial charge on any atom is 0.307 e. The maximum absolute atomic E-state index is 15.0. The molecule has 0 radical (unpaired) electrons. The molecule has 1 N–H and O–H groups in total. The molecule has 1 aromatic carbocycles. The number of aromatic nitrogens is 4. The fourth-order valence-electron chi connectivity index (χ4n) is 3.96. The van der Waals surface area contributed by atoms with Gasteiger partial charge in [-0.1, -0.05) is 35.9 Å². The lowest BCUT2D eigenvalue weighted by Crippen LogP contribution is -2.37. The van der Waals surface area contributed by atoms with Gasteiger partial charge in [0.1, 0.15) is 11.3 Å². The number of aryl methyl sites for hydroxylation is 1. The number of morpholine rings is 1. The van der Waals surface area contributed by atoms with E-state index in [2.05, 4.69) is 25.5 Å². The van der Waals surface area contributed by atoms with Gasteiger partial charge < -0.3 is 14.2 Å². The summed E-state index contributed by atoms with van der Waals surface area (Å²) in [7, 11) is 0. The minimum atomic E-state index is -3.17. The zero-order chi connectivity index (χ0) is 24.3. The number of hydrogen-bond donors (Lipinski definition) is 1. The molecule has 8 nitrogen and oxygen atoms in total. The van der Waals surface area contributed by atoms with Crippen LogP contribution in [-0.4, -0.2) is 52.0 Å². The van der Waals surface area contributed by atoms with Crippen LogP contribution in [-0.2, 0) is 17.2 Å². The van der Waals surface area contributed by atoms with Crippen molar-refractivity contribution >= 4 is 29.0 Å². The Morgan fingerprint density at radius 1 is 1.11 bits per heavy atom. The Labute approximate surface area is 201 Å². The van der Waals surface area contributed by atoms with Crippen LogP contribution in [0.1, 0.15) is 16.8 Å². The highest BCUT2D eigenvalue weighted by Crippen LogP contribution is 2.32. The van der Waals surface area contributed by atoms with E-state index in [1.807, 2.05) is 36.1 Å². The molecule has 10 heteroatoms. The minimum Gasteiger partial charge on any atom is -0.378 e. The number of benzene rings is 1. The Balaban J connectivity index is 1.50. The summed E-state index contributed by atoms with van der Waals surface area (Å²) >= 11 is 0. The lowest BCUT2D eigenvalue weighted by atomic mass is 10.2. The molecule has 0 spiro atoms. The van der Waals surface area contributed by atoms with Gasteiger partial charge in [0.25, 0.3) is 0 Å². The van der Waals surface area contributed by atoms with E-state index in [0.717, 1.165) is 11.1 Å². The number of hydrazone groups is 1. The van der Waals surface area contributed by atoms with Gasteiger partial charge in [0.15, 0.2) is 5.82 Å². The summed E-state index contributed by atoms with van der Waals surface area (Å²) in [6.07, 6.45) is 4.65. The first-order valence-electron chi connectivity index (χ1n) is 11.3. The van der Waals surface area contributed by atoms with E-state index < -0.39 is 12.5 Å². The van der Waals surface area contributed by atoms with Crippen LogP contribution < -0.4 is 10.3 Å². The van der Waals surface area contributed by atoms with Crippen molar-refractivity contribution in [1.82, 2.24) is 19.5 Å². The van der Waals surface area contributed by atoms with E-state index in [1.54, 1.807) is 30.6 Å². The van der Waals surface area contributed by atoms with Crippen LogP contribution in [0.4, 0.5) is 20.5 Å². The number of halogens is 2. The predicted molar refractivity (Wildman–Crippen MR) is 131 cm³/mol. The lowest BCUT2D eigenvalue weighted by molar-refractivity contribution is -0.0255. The van der Waals surface area contributed by atoms with Gasteiger partial charge in [-0.05, 0) is 30.7 Å². The molecule has 1 aliphatic heterocycles. The van der Waals surface area contributed by atoms with Gasteiger partial charge in [0.2, 0.25) is 5.95 Å². The molecule has 0 atom stereocenters. The van der Waals surface area contributed by atoms with Crippen molar-refractivity contribution in [1.29, 1.82) is 0 Å². The number of anilines is 2. The average molecular weight is 478 g/mol. The van der Waals surface area contributed by atoms with Crippen molar-refractivity contribution in [3.8, 4) is 0 Å². The van der Waals surface area contributed by atoms with Crippen LogP contribution in [0.25, 0.3) is 11.0 Å². The number of rotatable bonds is 7. The van der Waals surface area contributed by atoms with Crippen molar-refractivity contribution in [3.63, 3.8) is 0 Å². The summed E-state index contributed by atoms with van der Waals surface area (Å²) in [6.45, 7) is 3.74. The zero-order valence-electron chi connectivity index (χ0n) is 19.2. The quantitative estimate of drug-likeness (QED) is 0.317. The van der Waals surface area contributed by atoms with E-state index in [0.29, 0.717) is 49.1 Å². The van der Waals surface area contributed by atoms with Crippen molar-refractivity contribution in [2.24, 2.45) is 5.10 Å². The highest BCUT2D eigenvalue weighted by molar-refractivity contribution is 5.89. The van der Waals surface area contributed by atoms with Crippen molar-refractivity contribution < 1.29 is 13.5 Å². The Bertz CT molecular complexity index is 1330. The van der Waals surface area contributed by atoms with Gasteiger partial charge in [0, 0.05) is 25.5 Å². The molecule has 180 valence electrons. The summed E-state index contributed by atoms with van der Waals surface area (Å²) in [5, 5.41) is 4.94. The molecule has 0 saturated carbocycles. The molecule has 0 aliphatic carbocycles. The standard InChI is InChI=1S/C25H25F2N7O/c1-18-5-4-6-19(15-18)16-29-32-22-20-8-10-34(17-25(26,27)21-7-2-3-9-28-21)23(20)31-24(30-22)33-11-13-35-14-12-33/h2-10,15-16H,11-14,17H2,1H3,(H,30,31,32)/b29-16+. The molecule has 0 bridgehead atoms. The van der Waals surface area contributed by atoms with Gasteiger partial charge in [-0.25, -0.2) is 0 Å². The summed E-state index contributed by atoms with van der Waals surface area (Å²) in [6, 6.07) is 14.1. The van der Waals surface area contributed by atoms with Gasteiger partial charge in [-0.2, -0.15) is 23.9 Å². The molecular weight excluding hydrogens is 452 g/mol. The second kappa shape index (κ2) is 9.75. The number of nitrogens with one attached hydrogen (secondary N) is 1. The number of fused-ring (bicyclic) bond motifs is 1. The fraction of sp³-hybridized carbons (Fsp3) is 0.280. The average Bonchev–Trinajstić information content (AvgIpc) is 3.27. The third-order valence-corrected chi connectivity index (χ3v) is 5.74.